The van der Waals surface area contributed by atoms with Crippen LogP contribution in [0.25, 0.3) is 0 Å². The average molecular weight is 333 g/mol. The first-order valence-corrected chi connectivity index (χ1v) is 9.42. The highest BCUT2D eigenvalue weighted by Crippen LogP contribution is 2.44. The molecule has 4 rings (SSSR count). The van der Waals surface area contributed by atoms with E-state index >= 15 is 0 Å². The van der Waals surface area contributed by atoms with Gasteiger partial charge in [0.25, 0.3) is 5.91 Å². The molecule has 1 saturated heterocycles. The summed E-state index contributed by atoms with van der Waals surface area (Å²) in [5, 5.41) is 3.11. The van der Waals surface area contributed by atoms with E-state index < -0.39 is 5.54 Å². The van der Waals surface area contributed by atoms with Gasteiger partial charge in [0, 0.05) is 13.1 Å². The van der Waals surface area contributed by atoms with Gasteiger partial charge in [-0.2, -0.15) is 0 Å². The molecule has 4 aliphatic rings. The van der Waals surface area contributed by atoms with E-state index in [-0.39, 0.29) is 30.4 Å². The first-order chi connectivity index (χ1) is 11.5. The minimum Gasteiger partial charge on any atom is -0.351 e. The molecule has 4 amide bonds. The molecule has 3 saturated carbocycles. The third-order valence-corrected chi connectivity index (χ3v) is 6.37. The Morgan fingerprint density at radius 2 is 1.71 bits per heavy atom. The summed E-state index contributed by atoms with van der Waals surface area (Å²) >= 11 is 0. The van der Waals surface area contributed by atoms with Gasteiger partial charge in [0.05, 0.1) is 0 Å². The number of rotatable bonds is 5. The zero-order chi connectivity index (χ0) is 16.9. The van der Waals surface area contributed by atoms with Gasteiger partial charge in [-0.3, -0.25) is 14.5 Å². The molecule has 0 bridgehead atoms. The number of hydrogen-bond acceptors (Lipinski definition) is 3. The van der Waals surface area contributed by atoms with Crippen LogP contribution in [0, 0.1) is 11.8 Å². The average Bonchev–Trinajstić information content (AvgIpc) is 3.48. The van der Waals surface area contributed by atoms with Gasteiger partial charge in [-0.25, -0.2) is 4.79 Å². The number of hydrogen-bond donors (Lipinski definition) is 1. The molecule has 132 valence electrons. The molecule has 4 fully saturated rings. The molecule has 0 aromatic carbocycles. The van der Waals surface area contributed by atoms with Crippen LogP contribution in [0.5, 0.6) is 0 Å². The molecule has 6 nitrogen and oxygen atoms in total. The second-order valence-electron chi connectivity index (χ2n) is 8.09. The molecule has 0 aromatic heterocycles. The molecule has 1 N–H and O–H groups in total. The molecule has 1 spiro atoms. The van der Waals surface area contributed by atoms with Gasteiger partial charge < -0.3 is 10.2 Å². The number of imide groups is 1. The maximum atomic E-state index is 12.9. The Bertz CT molecular complexity index is 550. The van der Waals surface area contributed by atoms with Crippen LogP contribution in [0.15, 0.2) is 0 Å². The lowest BCUT2D eigenvalue weighted by atomic mass is 9.81. The molecule has 0 atom stereocenters. The lowest BCUT2D eigenvalue weighted by Crippen LogP contribution is -2.50. The normalized spacial score (nSPS) is 26.6. The largest absolute Gasteiger partial charge is 0.351 e. The van der Waals surface area contributed by atoms with Crippen LogP contribution in [0.4, 0.5) is 4.79 Å². The van der Waals surface area contributed by atoms with Crippen LogP contribution in [0.3, 0.4) is 0 Å². The van der Waals surface area contributed by atoms with Crippen LogP contribution >= 0.6 is 0 Å². The number of likely N-dealkylation sites (N-methyl/N-ethyl adjacent to an activating group) is 1. The monoisotopic (exact) mass is 333 g/mol. The van der Waals surface area contributed by atoms with Gasteiger partial charge >= 0.3 is 6.03 Å². The smallest absolute Gasteiger partial charge is 0.327 e. The van der Waals surface area contributed by atoms with Crippen molar-refractivity contribution in [2.75, 3.05) is 13.6 Å². The second-order valence-corrected chi connectivity index (χ2v) is 8.09. The number of amides is 4. The highest BCUT2D eigenvalue weighted by atomic mass is 16.2. The summed E-state index contributed by atoms with van der Waals surface area (Å²) in [7, 11) is 1.71. The van der Waals surface area contributed by atoms with Crippen LogP contribution in [0.2, 0.25) is 0 Å². The molecule has 1 heterocycles. The molecule has 0 aromatic rings. The van der Waals surface area contributed by atoms with Crippen molar-refractivity contribution in [3.63, 3.8) is 0 Å². The summed E-state index contributed by atoms with van der Waals surface area (Å²) < 4.78 is 0. The van der Waals surface area contributed by atoms with Gasteiger partial charge in [-0.1, -0.05) is 19.3 Å². The van der Waals surface area contributed by atoms with Crippen molar-refractivity contribution in [2.45, 2.75) is 69.4 Å². The maximum absolute atomic E-state index is 12.9. The lowest BCUT2D eigenvalue weighted by Gasteiger charge is -2.35. The second kappa shape index (κ2) is 5.74. The highest BCUT2D eigenvalue weighted by Gasteiger charge is 2.56. The zero-order valence-electron chi connectivity index (χ0n) is 14.4. The number of nitrogens with zero attached hydrogens (tertiary/aromatic N) is 2. The highest BCUT2D eigenvalue weighted by molar-refractivity contribution is 6.08. The quantitative estimate of drug-likeness (QED) is 0.781. The van der Waals surface area contributed by atoms with Crippen molar-refractivity contribution in [2.24, 2.45) is 11.8 Å². The molecule has 0 radical (unpaired) electrons. The van der Waals surface area contributed by atoms with Crippen molar-refractivity contribution in [3.05, 3.63) is 0 Å². The fourth-order valence-electron chi connectivity index (χ4n) is 4.58. The predicted molar refractivity (Wildman–Crippen MR) is 88.1 cm³/mol. The molecule has 3 aliphatic carbocycles. The van der Waals surface area contributed by atoms with Crippen LogP contribution < -0.4 is 5.32 Å². The Morgan fingerprint density at radius 1 is 1.12 bits per heavy atom. The predicted octanol–water partition coefficient (Wildman–Crippen LogP) is 1.89. The lowest BCUT2D eigenvalue weighted by molar-refractivity contribution is -0.137. The van der Waals surface area contributed by atoms with Gasteiger partial charge in [0.2, 0.25) is 5.91 Å². The van der Waals surface area contributed by atoms with Gasteiger partial charge in [-0.15, -0.1) is 0 Å². The first-order valence-electron chi connectivity index (χ1n) is 9.42. The van der Waals surface area contributed by atoms with Gasteiger partial charge in [-0.05, 0) is 50.4 Å². The van der Waals surface area contributed by atoms with E-state index in [4.69, 9.17) is 0 Å². The fraction of sp³-hybridized carbons (Fsp3) is 0.833. The Labute approximate surface area is 142 Å². The molecule has 6 heteroatoms. The van der Waals surface area contributed by atoms with E-state index in [1.807, 2.05) is 0 Å². The number of carbonyl (C=O) groups excluding carboxylic acids is 3. The summed E-state index contributed by atoms with van der Waals surface area (Å²) in [4.78, 5) is 40.7. The summed E-state index contributed by atoms with van der Waals surface area (Å²) in [6, 6.07) is -0.0573. The van der Waals surface area contributed by atoms with Crippen molar-refractivity contribution < 1.29 is 14.4 Å². The van der Waals surface area contributed by atoms with E-state index in [9.17, 15) is 14.4 Å². The molecule has 1 aliphatic heterocycles. The Hall–Kier alpha value is -1.59. The van der Waals surface area contributed by atoms with E-state index in [1.165, 1.54) is 30.6 Å². The summed E-state index contributed by atoms with van der Waals surface area (Å²) in [6.45, 7) is -0.125. The number of nitrogens with one attached hydrogen (secondary N) is 1. The summed E-state index contributed by atoms with van der Waals surface area (Å²) in [6.07, 6.45) is 9.25. The molecular weight excluding hydrogens is 306 g/mol. The first kappa shape index (κ1) is 15.9. The van der Waals surface area contributed by atoms with E-state index in [1.54, 1.807) is 11.9 Å². The van der Waals surface area contributed by atoms with Crippen molar-refractivity contribution in [3.8, 4) is 0 Å². The Kier molecular flexibility index (Phi) is 3.81. The number of urea groups is 1. The fourth-order valence-corrected chi connectivity index (χ4v) is 4.58. The summed E-state index contributed by atoms with van der Waals surface area (Å²) in [5.41, 5.74) is -0.692. The minimum absolute atomic E-state index is 0.125. The van der Waals surface area contributed by atoms with Crippen LogP contribution in [-0.2, 0) is 9.59 Å². The van der Waals surface area contributed by atoms with Crippen LogP contribution in [-0.4, -0.2) is 52.8 Å². The van der Waals surface area contributed by atoms with E-state index in [0.717, 1.165) is 32.1 Å². The maximum Gasteiger partial charge on any atom is 0.327 e. The summed E-state index contributed by atoms with van der Waals surface area (Å²) in [5.74, 6) is 0.874. The molecule has 24 heavy (non-hydrogen) atoms. The molecule has 0 unspecified atom stereocenters. The van der Waals surface area contributed by atoms with Gasteiger partial charge in [0.15, 0.2) is 0 Å². The van der Waals surface area contributed by atoms with Crippen molar-refractivity contribution >= 4 is 17.8 Å². The third kappa shape index (κ3) is 2.60. The van der Waals surface area contributed by atoms with E-state index in [0.29, 0.717) is 11.8 Å². The minimum atomic E-state index is -0.692. The van der Waals surface area contributed by atoms with Gasteiger partial charge in [0.1, 0.15) is 12.1 Å². The SMILES string of the molecule is CN1C(=O)N(CC(=O)NC(C2CC2)C2CC2)C(=O)C12CCCCC2. The topological polar surface area (TPSA) is 69.7 Å². The van der Waals surface area contributed by atoms with Crippen molar-refractivity contribution in [1.29, 1.82) is 0 Å². The van der Waals surface area contributed by atoms with Crippen LogP contribution in [0.1, 0.15) is 57.8 Å². The Morgan fingerprint density at radius 3 is 2.25 bits per heavy atom. The third-order valence-electron chi connectivity index (χ3n) is 6.37. The zero-order valence-corrected chi connectivity index (χ0v) is 14.4. The Balaban J connectivity index is 1.42. The standard InChI is InChI=1S/C18H27N3O3/c1-20-17(24)21(16(23)18(20)9-3-2-4-10-18)11-14(22)19-15(12-5-6-12)13-7-8-13/h12-13,15H,2-11H2,1H3,(H,19,22). The van der Waals surface area contributed by atoms with E-state index in [2.05, 4.69) is 5.32 Å². The van der Waals surface area contributed by atoms with Crippen molar-refractivity contribution in [1.82, 2.24) is 15.1 Å². The molecular formula is C18H27N3O3. The number of carbonyl (C=O) groups is 3.